The Morgan fingerprint density at radius 2 is 1.52 bits per heavy atom. The molecule has 2 heterocycles. The van der Waals surface area contributed by atoms with E-state index in [1.807, 2.05) is 36.1 Å². The topological polar surface area (TPSA) is 71.6 Å². The largest absolute Gasteiger partial charge is 0.494 e. The second kappa shape index (κ2) is 9.54. The predicted molar refractivity (Wildman–Crippen MR) is 126 cm³/mol. The molecule has 1 fully saturated rings. The van der Waals surface area contributed by atoms with Crippen molar-refractivity contribution in [1.29, 1.82) is 0 Å². The summed E-state index contributed by atoms with van der Waals surface area (Å²) in [5.41, 5.74) is 1.97. The number of nitrogens with zero attached hydrogens (tertiary/aromatic N) is 3. The molecule has 33 heavy (non-hydrogen) atoms. The Morgan fingerprint density at radius 1 is 0.848 bits per heavy atom. The van der Waals surface area contributed by atoms with Gasteiger partial charge in [-0.15, -0.1) is 0 Å². The quantitative estimate of drug-likeness (QED) is 0.600. The molecule has 8 heteroatoms. The molecule has 2 amide bonds. The van der Waals surface area contributed by atoms with E-state index in [1.165, 1.54) is 12.0 Å². The van der Waals surface area contributed by atoms with Crippen molar-refractivity contribution in [3.05, 3.63) is 53.7 Å². The number of piperazine rings is 1. The van der Waals surface area contributed by atoms with Crippen LogP contribution in [0, 0.1) is 0 Å². The molecule has 0 aliphatic carbocycles. The SMILES string of the molecule is CCOc1ccc(C2=C(N3CCN(C)CC3)C(=O)N(c3ccc(OC)c(OC)c3)C2=O)cc1. The molecular weight excluding hydrogens is 422 g/mol. The van der Waals surface area contributed by atoms with E-state index < -0.39 is 0 Å². The molecule has 4 rings (SSSR count). The number of rotatable bonds is 7. The molecule has 0 aromatic heterocycles. The molecule has 0 saturated carbocycles. The number of imide groups is 1. The Labute approximate surface area is 193 Å². The minimum absolute atomic E-state index is 0.333. The number of likely N-dealkylation sites (N-methyl/N-ethyl adjacent to an activating group) is 1. The number of amides is 2. The third-order valence-electron chi connectivity index (χ3n) is 5.96. The van der Waals surface area contributed by atoms with Crippen LogP contribution in [-0.2, 0) is 9.59 Å². The van der Waals surface area contributed by atoms with Gasteiger partial charge in [0.15, 0.2) is 11.5 Å². The van der Waals surface area contributed by atoms with Gasteiger partial charge in [-0.05, 0) is 43.8 Å². The number of hydrogen-bond donors (Lipinski definition) is 0. The van der Waals surface area contributed by atoms with Crippen molar-refractivity contribution in [2.75, 3.05) is 59.0 Å². The number of methoxy groups -OCH3 is 2. The number of hydrogen-bond acceptors (Lipinski definition) is 7. The van der Waals surface area contributed by atoms with Crippen LogP contribution in [0.15, 0.2) is 48.2 Å². The zero-order valence-electron chi connectivity index (χ0n) is 19.5. The fraction of sp³-hybridized carbons (Fsp3) is 0.360. The maximum absolute atomic E-state index is 13.7. The minimum atomic E-state index is -0.356. The normalized spacial score (nSPS) is 17.1. The van der Waals surface area contributed by atoms with Gasteiger partial charge in [-0.2, -0.15) is 0 Å². The average Bonchev–Trinajstić information content (AvgIpc) is 3.09. The van der Waals surface area contributed by atoms with Crippen molar-refractivity contribution in [1.82, 2.24) is 9.80 Å². The van der Waals surface area contributed by atoms with E-state index >= 15 is 0 Å². The molecule has 0 unspecified atom stereocenters. The van der Waals surface area contributed by atoms with Crippen LogP contribution in [0.2, 0.25) is 0 Å². The highest BCUT2D eigenvalue weighted by Crippen LogP contribution is 2.38. The first-order chi connectivity index (χ1) is 16.0. The fourth-order valence-corrected chi connectivity index (χ4v) is 4.18. The van der Waals surface area contributed by atoms with Gasteiger partial charge in [-0.25, -0.2) is 4.90 Å². The molecule has 0 radical (unpaired) electrons. The zero-order chi connectivity index (χ0) is 23.5. The summed E-state index contributed by atoms with van der Waals surface area (Å²) in [6, 6.07) is 12.4. The molecule has 2 aliphatic rings. The lowest BCUT2D eigenvalue weighted by atomic mass is 10.0. The number of ether oxygens (including phenoxy) is 3. The summed E-state index contributed by atoms with van der Waals surface area (Å²) in [6.07, 6.45) is 0. The molecule has 0 bridgehead atoms. The van der Waals surface area contributed by atoms with Crippen LogP contribution < -0.4 is 19.1 Å². The highest BCUT2D eigenvalue weighted by Gasteiger charge is 2.43. The Kier molecular flexibility index (Phi) is 6.55. The number of benzene rings is 2. The van der Waals surface area contributed by atoms with E-state index in [9.17, 15) is 9.59 Å². The summed E-state index contributed by atoms with van der Waals surface area (Å²) in [5.74, 6) is 1.01. The highest BCUT2D eigenvalue weighted by molar-refractivity contribution is 6.45. The molecule has 0 atom stereocenters. The molecule has 8 nitrogen and oxygen atoms in total. The fourth-order valence-electron chi connectivity index (χ4n) is 4.18. The van der Waals surface area contributed by atoms with Crippen molar-refractivity contribution >= 4 is 23.1 Å². The Bertz CT molecular complexity index is 1070. The van der Waals surface area contributed by atoms with Crippen molar-refractivity contribution in [3.63, 3.8) is 0 Å². The van der Waals surface area contributed by atoms with E-state index in [2.05, 4.69) is 11.9 Å². The third-order valence-corrected chi connectivity index (χ3v) is 5.96. The molecule has 1 saturated heterocycles. The van der Waals surface area contributed by atoms with Gasteiger partial charge in [0.25, 0.3) is 11.8 Å². The van der Waals surface area contributed by atoms with Crippen LogP contribution in [0.4, 0.5) is 5.69 Å². The summed E-state index contributed by atoms with van der Waals surface area (Å²) >= 11 is 0. The first kappa shape index (κ1) is 22.7. The summed E-state index contributed by atoms with van der Waals surface area (Å²) < 4.78 is 16.2. The number of carbonyl (C=O) groups excluding carboxylic acids is 2. The molecule has 174 valence electrons. The van der Waals surface area contributed by atoms with Crippen molar-refractivity contribution < 1.29 is 23.8 Å². The second-order valence-corrected chi connectivity index (χ2v) is 7.96. The van der Waals surface area contributed by atoms with E-state index in [1.54, 1.807) is 25.3 Å². The van der Waals surface area contributed by atoms with Gasteiger partial charge < -0.3 is 24.0 Å². The summed E-state index contributed by atoms with van der Waals surface area (Å²) in [7, 11) is 5.12. The zero-order valence-corrected chi connectivity index (χ0v) is 19.5. The molecule has 0 spiro atoms. The van der Waals surface area contributed by atoms with Crippen LogP contribution in [0.3, 0.4) is 0 Å². The first-order valence-electron chi connectivity index (χ1n) is 11.0. The Balaban J connectivity index is 1.77. The van der Waals surface area contributed by atoms with Crippen molar-refractivity contribution in [2.24, 2.45) is 0 Å². The van der Waals surface area contributed by atoms with Gasteiger partial charge in [-0.3, -0.25) is 9.59 Å². The average molecular weight is 452 g/mol. The molecular formula is C25H29N3O5. The summed E-state index contributed by atoms with van der Waals surface area (Å²) in [5, 5.41) is 0. The summed E-state index contributed by atoms with van der Waals surface area (Å²) in [6.45, 7) is 5.45. The Morgan fingerprint density at radius 3 is 2.12 bits per heavy atom. The first-order valence-corrected chi connectivity index (χ1v) is 11.0. The predicted octanol–water partition coefficient (Wildman–Crippen LogP) is 2.63. The maximum Gasteiger partial charge on any atom is 0.282 e. The van der Waals surface area contributed by atoms with E-state index in [4.69, 9.17) is 14.2 Å². The van der Waals surface area contributed by atoms with Gasteiger partial charge in [-0.1, -0.05) is 12.1 Å². The van der Waals surface area contributed by atoms with Crippen LogP contribution in [-0.4, -0.2) is 75.7 Å². The van der Waals surface area contributed by atoms with Gasteiger partial charge in [0, 0.05) is 32.2 Å². The minimum Gasteiger partial charge on any atom is -0.494 e. The molecule has 0 N–H and O–H groups in total. The van der Waals surface area contributed by atoms with Gasteiger partial charge in [0.1, 0.15) is 11.4 Å². The third kappa shape index (κ3) is 4.26. The van der Waals surface area contributed by atoms with E-state index in [0.29, 0.717) is 53.7 Å². The standard InChI is InChI=1S/C25H29N3O5/c1-5-33-19-9-6-17(7-10-19)22-23(27-14-12-26(2)13-15-27)25(30)28(24(22)29)18-8-11-20(31-3)21(16-18)32-4/h6-11,16H,5,12-15H2,1-4H3. The number of carbonyl (C=O) groups is 2. The van der Waals surface area contributed by atoms with Crippen molar-refractivity contribution in [2.45, 2.75) is 6.92 Å². The van der Waals surface area contributed by atoms with Crippen LogP contribution in [0.5, 0.6) is 17.2 Å². The Hall–Kier alpha value is -3.52. The summed E-state index contributed by atoms with van der Waals surface area (Å²) in [4.78, 5) is 32.9. The highest BCUT2D eigenvalue weighted by atomic mass is 16.5. The van der Waals surface area contributed by atoms with Crippen LogP contribution in [0.25, 0.3) is 5.57 Å². The molecule has 2 aromatic carbocycles. The lowest BCUT2D eigenvalue weighted by Crippen LogP contribution is -2.46. The number of anilines is 1. The van der Waals surface area contributed by atoms with Gasteiger partial charge in [0.2, 0.25) is 0 Å². The van der Waals surface area contributed by atoms with Crippen molar-refractivity contribution in [3.8, 4) is 17.2 Å². The lowest BCUT2D eigenvalue weighted by Gasteiger charge is -2.34. The molecule has 2 aromatic rings. The van der Waals surface area contributed by atoms with Crippen LogP contribution in [0.1, 0.15) is 12.5 Å². The smallest absolute Gasteiger partial charge is 0.282 e. The lowest BCUT2D eigenvalue weighted by molar-refractivity contribution is -0.120. The van der Waals surface area contributed by atoms with E-state index in [0.717, 1.165) is 18.8 Å². The molecule has 2 aliphatic heterocycles. The van der Waals surface area contributed by atoms with Gasteiger partial charge >= 0.3 is 0 Å². The monoisotopic (exact) mass is 451 g/mol. The van der Waals surface area contributed by atoms with E-state index in [-0.39, 0.29) is 11.8 Å². The maximum atomic E-state index is 13.7. The second-order valence-electron chi connectivity index (χ2n) is 7.96. The van der Waals surface area contributed by atoms with Gasteiger partial charge in [0.05, 0.1) is 32.1 Å². The van der Waals surface area contributed by atoms with Crippen LogP contribution >= 0.6 is 0 Å².